The van der Waals surface area contributed by atoms with E-state index in [1.807, 2.05) is 6.07 Å². The molecule has 0 heterocycles. The van der Waals surface area contributed by atoms with E-state index in [-0.39, 0.29) is 18.9 Å². The van der Waals surface area contributed by atoms with Gasteiger partial charge in [0.1, 0.15) is 0 Å². The maximum atomic E-state index is 8.87. The van der Waals surface area contributed by atoms with E-state index >= 15 is 0 Å². The number of nitrogens with zero attached hydrogens (tertiary/aromatic N) is 1. The standard InChI is InChI=1S/C12H13N2O2.Li/c1-2-15-7-4-8-16-12-6-3-5-11(14)10(12)9-13;/h3-5H,1-2,7-8,14H2;/q-3;+1. The average Bonchev–Trinajstić information content (AvgIpc) is 2.29. The van der Waals surface area contributed by atoms with Gasteiger partial charge in [0, 0.05) is 17.4 Å². The maximum absolute atomic E-state index is 8.87. The van der Waals surface area contributed by atoms with Gasteiger partial charge in [-0.2, -0.15) is 6.07 Å². The molecule has 0 radical (unpaired) electrons. The molecule has 0 aliphatic heterocycles. The van der Waals surface area contributed by atoms with Gasteiger partial charge in [-0.05, 0) is 6.61 Å². The van der Waals surface area contributed by atoms with Crippen molar-refractivity contribution in [2.75, 3.05) is 25.6 Å². The SMILES string of the molecule is [CH2-]COC[CH-]COc1[c-]ccc(N)c1C#N.[Li+]. The number of benzene rings is 1. The number of nitrogen functional groups attached to an aromatic ring is 1. The average molecular weight is 224 g/mol. The van der Waals surface area contributed by atoms with Gasteiger partial charge in [-0.15, -0.1) is 12.1 Å². The van der Waals surface area contributed by atoms with Crippen molar-refractivity contribution in [2.45, 2.75) is 0 Å². The van der Waals surface area contributed by atoms with Crippen LogP contribution in [0.15, 0.2) is 12.1 Å². The molecule has 1 aromatic rings. The van der Waals surface area contributed by atoms with Gasteiger partial charge in [0.05, 0.1) is 0 Å². The van der Waals surface area contributed by atoms with E-state index in [0.29, 0.717) is 36.8 Å². The first kappa shape index (κ1) is 15.9. The van der Waals surface area contributed by atoms with Crippen LogP contribution in [0.5, 0.6) is 5.75 Å². The number of rotatable bonds is 6. The number of nitrogens with two attached hydrogens (primary N) is 1. The summed E-state index contributed by atoms with van der Waals surface area (Å²) in [5, 5.41) is 8.87. The Balaban J connectivity index is 0.00000256. The van der Waals surface area contributed by atoms with E-state index < -0.39 is 0 Å². The molecule has 5 heteroatoms. The molecule has 0 fully saturated rings. The third-order valence-corrected chi connectivity index (χ3v) is 1.83. The first-order chi connectivity index (χ1) is 7.79. The monoisotopic (exact) mass is 224 g/mol. The normalized spacial score (nSPS) is 9.18. The second-order valence-electron chi connectivity index (χ2n) is 2.92. The molecule has 1 rings (SSSR count). The Hall–Kier alpha value is -1.13. The Morgan fingerprint density at radius 2 is 2.29 bits per heavy atom. The number of ether oxygens (including phenoxy) is 2. The molecule has 0 aliphatic rings. The van der Waals surface area contributed by atoms with Crippen molar-refractivity contribution in [1.29, 1.82) is 5.26 Å². The smallest absolute Gasteiger partial charge is 0.549 e. The van der Waals surface area contributed by atoms with Gasteiger partial charge in [-0.25, -0.2) is 5.26 Å². The summed E-state index contributed by atoms with van der Waals surface area (Å²) in [7, 11) is 0. The first-order valence-corrected chi connectivity index (χ1v) is 4.81. The van der Waals surface area contributed by atoms with Crippen molar-refractivity contribution in [2.24, 2.45) is 0 Å². The summed E-state index contributed by atoms with van der Waals surface area (Å²) in [5.74, 6) is 0.369. The van der Waals surface area contributed by atoms with Gasteiger partial charge in [0.2, 0.25) is 0 Å². The molecule has 0 unspecified atom stereocenters. The van der Waals surface area contributed by atoms with Crippen LogP contribution in [0.25, 0.3) is 0 Å². The molecule has 0 amide bonds. The molecule has 0 spiro atoms. The van der Waals surface area contributed by atoms with Crippen LogP contribution in [0.3, 0.4) is 0 Å². The van der Waals surface area contributed by atoms with Gasteiger partial charge < -0.3 is 22.1 Å². The summed E-state index contributed by atoms with van der Waals surface area (Å²) in [5.41, 5.74) is 6.33. The molecule has 0 aliphatic carbocycles. The van der Waals surface area contributed by atoms with E-state index in [1.54, 1.807) is 18.6 Å². The fourth-order valence-electron chi connectivity index (χ4n) is 1.08. The van der Waals surface area contributed by atoms with Crippen molar-refractivity contribution in [3.63, 3.8) is 0 Å². The number of nitriles is 1. The third kappa shape index (κ3) is 5.15. The first-order valence-electron chi connectivity index (χ1n) is 4.81. The van der Waals surface area contributed by atoms with Crippen molar-refractivity contribution in [3.05, 3.63) is 37.1 Å². The van der Waals surface area contributed by atoms with Crippen LogP contribution in [0.4, 0.5) is 5.69 Å². The van der Waals surface area contributed by atoms with Crippen molar-refractivity contribution in [1.82, 2.24) is 0 Å². The predicted molar refractivity (Wildman–Crippen MR) is 60.4 cm³/mol. The molecule has 17 heavy (non-hydrogen) atoms. The van der Waals surface area contributed by atoms with Crippen molar-refractivity contribution >= 4 is 5.69 Å². The van der Waals surface area contributed by atoms with E-state index in [0.717, 1.165) is 0 Å². The molecule has 2 N–H and O–H groups in total. The largest absolute Gasteiger partial charge is 1.00 e. The predicted octanol–water partition coefficient (Wildman–Crippen LogP) is -1.62. The summed E-state index contributed by atoms with van der Waals surface area (Å²) < 4.78 is 10.3. The fourth-order valence-corrected chi connectivity index (χ4v) is 1.08. The van der Waals surface area contributed by atoms with Crippen molar-refractivity contribution < 1.29 is 28.3 Å². The second-order valence-corrected chi connectivity index (χ2v) is 2.92. The molecule has 86 valence electrons. The zero-order chi connectivity index (χ0) is 11.8. The van der Waals surface area contributed by atoms with Gasteiger partial charge >= 0.3 is 18.9 Å². The zero-order valence-electron chi connectivity index (χ0n) is 9.90. The van der Waals surface area contributed by atoms with Gasteiger partial charge in [-0.3, -0.25) is 6.42 Å². The van der Waals surface area contributed by atoms with Crippen LogP contribution in [0.2, 0.25) is 0 Å². The topological polar surface area (TPSA) is 68.3 Å². The summed E-state index contributed by atoms with van der Waals surface area (Å²) in [6, 6.07) is 8.04. The van der Waals surface area contributed by atoms with Crippen molar-refractivity contribution in [3.8, 4) is 11.8 Å². The Morgan fingerprint density at radius 1 is 1.53 bits per heavy atom. The van der Waals surface area contributed by atoms with Gasteiger partial charge in [0.15, 0.2) is 0 Å². The quantitative estimate of drug-likeness (QED) is 0.273. The van der Waals surface area contributed by atoms with Crippen LogP contribution in [-0.2, 0) is 4.74 Å². The summed E-state index contributed by atoms with van der Waals surface area (Å²) in [6.45, 7) is 4.76. The minimum atomic E-state index is 0. The summed E-state index contributed by atoms with van der Waals surface area (Å²) in [6.07, 6.45) is 1.80. The minimum Gasteiger partial charge on any atom is -0.549 e. The number of hydrogen-bond acceptors (Lipinski definition) is 4. The Morgan fingerprint density at radius 3 is 2.94 bits per heavy atom. The fraction of sp³-hybridized carbons (Fsp3) is 0.250. The molecule has 0 saturated carbocycles. The van der Waals surface area contributed by atoms with Crippen LogP contribution in [0.1, 0.15) is 5.56 Å². The van der Waals surface area contributed by atoms with Crippen LogP contribution in [0, 0.1) is 30.7 Å². The van der Waals surface area contributed by atoms with Crippen LogP contribution in [-0.4, -0.2) is 19.8 Å². The molecular weight excluding hydrogens is 211 g/mol. The molecular formula is C12H13LiN2O2-2. The summed E-state index contributed by atoms with van der Waals surface area (Å²) in [4.78, 5) is 0. The number of hydrogen-bond donors (Lipinski definition) is 1. The van der Waals surface area contributed by atoms with Gasteiger partial charge in [-0.1, -0.05) is 18.9 Å². The molecule has 4 nitrogen and oxygen atoms in total. The van der Waals surface area contributed by atoms with E-state index in [2.05, 4.69) is 13.0 Å². The second kappa shape index (κ2) is 8.96. The Bertz CT molecular complexity index is 377. The van der Waals surface area contributed by atoms with E-state index in [1.165, 1.54) is 0 Å². The van der Waals surface area contributed by atoms with Crippen LogP contribution < -0.4 is 29.3 Å². The maximum Gasteiger partial charge on any atom is 1.00 e. The number of anilines is 1. The molecule has 0 bridgehead atoms. The van der Waals surface area contributed by atoms with Gasteiger partial charge in [0.25, 0.3) is 0 Å². The zero-order valence-corrected chi connectivity index (χ0v) is 9.90. The van der Waals surface area contributed by atoms with Crippen LogP contribution >= 0.6 is 0 Å². The molecule has 1 aromatic carbocycles. The van der Waals surface area contributed by atoms with E-state index in [9.17, 15) is 0 Å². The Labute approximate surface area is 114 Å². The molecule has 0 saturated heterocycles. The molecule has 0 aromatic heterocycles. The van der Waals surface area contributed by atoms with E-state index in [4.69, 9.17) is 20.5 Å². The summed E-state index contributed by atoms with van der Waals surface area (Å²) >= 11 is 0. The minimum absolute atomic E-state index is 0. The Kier molecular flexibility index (Phi) is 8.36. The molecule has 0 atom stereocenters. The third-order valence-electron chi connectivity index (χ3n) is 1.83.